The fourth-order valence-electron chi connectivity index (χ4n) is 7.72. The van der Waals surface area contributed by atoms with Gasteiger partial charge in [0, 0.05) is 44.7 Å². The van der Waals surface area contributed by atoms with Crippen molar-refractivity contribution in [2.45, 2.75) is 32.1 Å². The van der Waals surface area contributed by atoms with Gasteiger partial charge in [0.2, 0.25) is 11.8 Å². The zero-order valence-electron chi connectivity index (χ0n) is 20.6. The van der Waals surface area contributed by atoms with Crippen LogP contribution >= 0.6 is 23.9 Å². The van der Waals surface area contributed by atoms with Gasteiger partial charge in [-0.15, -0.1) is 12.4 Å². The number of hydrogen-bond donors (Lipinski definition) is 0. The Kier molecular flexibility index (Phi) is 6.59. The van der Waals surface area contributed by atoms with Gasteiger partial charge in [-0.3, -0.25) is 19.4 Å². The predicted molar refractivity (Wildman–Crippen MR) is 145 cm³/mol. The van der Waals surface area contributed by atoms with Gasteiger partial charge in [0.05, 0.1) is 16.5 Å². The largest absolute Gasteiger partial charge is 0.353 e. The lowest BCUT2D eigenvalue weighted by Crippen LogP contribution is -2.49. The van der Waals surface area contributed by atoms with Crippen molar-refractivity contribution in [2.75, 3.05) is 44.2 Å². The molecule has 0 spiro atoms. The van der Waals surface area contributed by atoms with Crippen molar-refractivity contribution in [3.05, 3.63) is 36.4 Å². The summed E-state index contributed by atoms with van der Waals surface area (Å²) in [6.45, 7) is 5.86. The number of aromatic nitrogens is 1. The van der Waals surface area contributed by atoms with Crippen LogP contribution in [0.2, 0.25) is 0 Å². The summed E-state index contributed by atoms with van der Waals surface area (Å²) in [5, 5.41) is 1.27. The Morgan fingerprint density at radius 1 is 0.861 bits per heavy atom. The number of piperazine rings is 1. The van der Waals surface area contributed by atoms with Gasteiger partial charge in [-0.1, -0.05) is 37.1 Å². The summed E-state index contributed by atoms with van der Waals surface area (Å²) in [4.78, 5) is 33.2. The molecule has 0 N–H and O–H groups in total. The number of amides is 2. The molecule has 1 aromatic carbocycles. The number of nitrogens with zero attached hydrogens (tertiary/aromatic N) is 4. The molecule has 3 aliphatic carbocycles. The molecular weight excluding hydrogens is 492 g/mol. The van der Waals surface area contributed by atoms with Crippen LogP contribution < -0.4 is 4.90 Å². The Bertz CT molecular complexity index is 1150. The lowest BCUT2D eigenvalue weighted by atomic mass is 9.78. The number of likely N-dealkylation sites (tertiary alicyclic amines) is 1. The zero-order valence-corrected chi connectivity index (χ0v) is 22.3. The number of anilines is 1. The number of carbonyl (C=O) groups excluding carboxylic acids is 2. The smallest absolute Gasteiger partial charge is 0.233 e. The first-order valence-electron chi connectivity index (χ1n) is 13.5. The number of hydrogen-bond acceptors (Lipinski definition) is 6. The number of carbonyl (C=O) groups is 2. The number of halogens is 1. The van der Waals surface area contributed by atoms with Gasteiger partial charge in [0.25, 0.3) is 0 Å². The normalized spacial score (nSPS) is 34.0. The lowest BCUT2D eigenvalue weighted by molar-refractivity contribution is -0.142. The Balaban J connectivity index is 0.00000240. The van der Waals surface area contributed by atoms with Crippen molar-refractivity contribution < 1.29 is 9.59 Å². The molecule has 7 rings (SSSR count). The highest BCUT2D eigenvalue weighted by molar-refractivity contribution is 7.13. The fourth-order valence-corrected chi connectivity index (χ4v) is 8.51. The van der Waals surface area contributed by atoms with E-state index in [1.54, 1.807) is 16.4 Å². The molecule has 192 valence electrons. The summed E-state index contributed by atoms with van der Waals surface area (Å²) < 4.78 is 6.02. The van der Waals surface area contributed by atoms with E-state index in [2.05, 4.69) is 46.2 Å². The van der Waals surface area contributed by atoms with Gasteiger partial charge in [-0.25, -0.2) is 0 Å². The molecule has 2 saturated heterocycles. The van der Waals surface area contributed by atoms with Gasteiger partial charge < -0.3 is 4.90 Å². The van der Waals surface area contributed by atoms with Gasteiger partial charge in [-0.2, -0.15) is 4.37 Å². The average molecular weight is 527 g/mol. The molecule has 5 aliphatic rings. The second kappa shape index (κ2) is 9.73. The van der Waals surface area contributed by atoms with E-state index in [1.807, 2.05) is 0 Å². The second-order valence-corrected chi connectivity index (χ2v) is 12.2. The molecule has 3 heterocycles. The maximum Gasteiger partial charge on any atom is 0.233 e. The van der Waals surface area contributed by atoms with Gasteiger partial charge in [-0.05, 0) is 66.6 Å². The van der Waals surface area contributed by atoms with Crippen LogP contribution in [0, 0.1) is 35.5 Å². The molecule has 2 bridgehead atoms. The number of imide groups is 1. The van der Waals surface area contributed by atoms with Crippen LogP contribution in [-0.2, 0) is 9.59 Å². The van der Waals surface area contributed by atoms with E-state index < -0.39 is 0 Å². The van der Waals surface area contributed by atoms with Crippen molar-refractivity contribution >= 4 is 51.7 Å². The number of rotatable bonds is 5. The minimum absolute atomic E-state index is 0. The van der Waals surface area contributed by atoms with Crippen LogP contribution in [0.4, 0.5) is 5.82 Å². The fraction of sp³-hybridized carbons (Fsp3) is 0.607. The second-order valence-electron chi connectivity index (χ2n) is 11.4. The summed E-state index contributed by atoms with van der Waals surface area (Å²) >= 11 is 1.59. The zero-order chi connectivity index (χ0) is 23.5. The molecule has 2 aromatic rings. The number of allylic oxidation sites excluding steroid dienone is 2. The van der Waals surface area contributed by atoms with Crippen molar-refractivity contribution in [3.8, 4) is 0 Å². The van der Waals surface area contributed by atoms with Crippen molar-refractivity contribution in [1.82, 2.24) is 14.2 Å². The standard InChI is InChI=1S/C28H34N4O2S.ClH/c33-27-24-18-9-10-19(15-18)25(24)28(34)32(27)17-21-6-2-1-5-20(21)16-30-11-13-31(14-12-30)26-22-7-3-4-8-23(22)35-29-26;/h3-4,7-10,18-21,24-25H,1-2,5-6,11-17H2;1H/t18-,19+,20-,21+,24-,25+;/m1./s1. The van der Waals surface area contributed by atoms with Crippen LogP contribution in [0.3, 0.4) is 0 Å². The van der Waals surface area contributed by atoms with Crippen LogP contribution in [0.1, 0.15) is 32.1 Å². The summed E-state index contributed by atoms with van der Waals surface area (Å²) in [6, 6.07) is 8.52. The molecule has 2 amide bonds. The molecule has 0 unspecified atom stereocenters. The minimum atomic E-state index is -0.0607. The van der Waals surface area contributed by atoms with Crippen LogP contribution in [0.25, 0.3) is 10.1 Å². The Morgan fingerprint density at radius 2 is 1.50 bits per heavy atom. The summed E-state index contributed by atoms with van der Waals surface area (Å²) in [5.74, 6) is 2.91. The van der Waals surface area contributed by atoms with E-state index in [1.165, 1.54) is 29.3 Å². The first-order chi connectivity index (χ1) is 17.2. The Labute approximate surface area is 223 Å². The molecule has 2 aliphatic heterocycles. The molecular formula is C28H35ClN4O2S. The third-order valence-corrected chi connectivity index (χ3v) is 10.4. The maximum atomic E-state index is 13.2. The van der Waals surface area contributed by atoms with Gasteiger partial charge >= 0.3 is 0 Å². The van der Waals surface area contributed by atoms with Gasteiger partial charge in [0.1, 0.15) is 5.82 Å². The third-order valence-electron chi connectivity index (χ3n) is 9.57. The monoisotopic (exact) mass is 526 g/mol. The summed E-state index contributed by atoms with van der Waals surface area (Å²) in [7, 11) is 0. The highest BCUT2D eigenvalue weighted by Crippen LogP contribution is 2.52. The molecule has 6 atom stereocenters. The van der Waals surface area contributed by atoms with E-state index in [4.69, 9.17) is 4.37 Å². The third kappa shape index (κ3) is 3.98. The van der Waals surface area contributed by atoms with Crippen molar-refractivity contribution in [3.63, 3.8) is 0 Å². The quantitative estimate of drug-likeness (QED) is 0.425. The SMILES string of the molecule is Cl.O=C1[C@@H]2[C@H](C(=O)N1C[C@@H]1CCCC[C@@H]1CN1CCN(c3nsc4ccccc34)CC1)[C@@H]1C=C[C@H]2C1. The first-order valence-corrected chi connectivity index (χ1v) is 14.3. The highest BCUT2D eigenvalue weighted by Gasteiger charge is 2.59. The maximum absolute atomic E-state index is 13.2. The lowest BCUT2D eigenvalue weighted by Gasteiger charge is -2.40. The average Bonchev–Trinajstić information content (AvgIpc) is 3.66. The van der Waals surface area contributed by atoms with Crippen LogP contribution in [-0.4, -0.2) is 65.3 Å². The minimum Gasteiger partial charge on any atom is -0.353 e. The predicted octanol–water partition coefficient (Wildman–Crippen LogP) is 4.45. The van der Waals surface area contributed by atoms with E-state index in [-0.39, 0.29) is 36.1 Å². The highest BCUT2D eigenvalue weighted by atomic mass is 35.5. The molecule has 8 heteroatoms. The summed E-state index contributed by atoms with van der Waals surface area (Å²) in [5.41, 5.74) is 0. The Hall–Kier alpha value is -1.96. The van der Waals surface area contributed by atoms with Crippen molar-refractivity contribution in [2.24, 2.45) is 35.5 Å². The molecule has 2 saturated carbocycles. The van der Waals surface area contributed by atoms with Crippen LogP contribution in [0.5, 0.6) is 0 Å². The van der Waals surface area contributed by atoms with E-state index >= 15 is 0 Å². The van der Waals surface area contributed by atoms with Crippen molar-refractivity contribution in [1.29, 1.82) is 0 Å². The van der Waals surface area contributed by atoms with E-state index in [0.717, 1.165) is 51.4 Å². The first kappa shape index (κ1) is 24.4. The Morgan fingerprint density at radius 3 is 2.19 bits per heavy atom. The molecule has 1 aromatic heterocycles. The van der Waals surface area contributed by atoms with E-state index in [0.29, 0.717) is 30.2 Å². The van der Waals surface area contributed by atoms with E-state index in [9.17, 15) is 9.59 Å². The molecule has 36 heavy (non-hydrogen) atoms. The van der Waals surface area contributed by atoms with Gasteiger partial charge in [0.15, 0.2) is 0 Å². The molecule has 0 radical (unpaired) electrons. The van der Waals surface area contributed by atoms with Crippen LogP contribution in [0.15, 0.2) is 36.4 Å². The molecule has 4 fully saturated rings. The number of benzene rings is 1. The number of fused-ring (bicyclic) bond motifs is 6. The summed E-state index contributed by atoms with van der Waals surface area (Å²) in [6.07, 6.45) is 10.3. The topological polar surface area (TPSA) is 56.8 Å². The molecule has 6 nitrogen and oxygen atoms in total.